The molecule has 0 spiro atoms. The van der Waals surface area contributed by atoms with E-state index in [-0.39, 0.29) is 0 Å². The van der Waals surface area contributed by atoms with Gasteiger partial charge in [-0.25, -0.2) is 4.39 Å². The summed E-state index contributed by atoms with van der Waals surface area (Å²) in [5.74, 6) is 0.726. The van der Waals surface area contributed by atoms with E-state index in [2.05, 4.69) is 13.8 Å². The highest BCUT2D eigenvalue weighted by molar-refractivity contribution is 4.54. The van der Waals surface area contributed by atoms with Crippen LogP contribution in [0.25, 0.3) is 0 Å². The minimum Gasteiger partial charge on any atom is -0.248 e. The van der Waals surface area contributed by atoms with Gasteiger partial charge >= 0.3 is 0 Å². The van der Waals surface area contributed by atoms with Gasteiger partial charge in [0.05, 0.1) is 6.17 Å². The van der Waals surface area contributed by atoms with Gasteiger partial charge in [-0.1, -0.05) is 33.6 Å². The summed E-state index contributed by atoms with van der Waals surface area (Å²) in [6.45, 7) is 6.26. The molecule has 0 aromatic heterocycles. The number of alkyl halides is 1. The molecule has 0 amide bonds. The lowest BCUT2D eigenvalue weighted by atomic mass is 10.0. The van der Waals surface area contributed by atoms with Crippen LogP contribution in [0.2, 0.25) is 0 Å². The highest BCUT2D eigenvalue weighted by Crippen LogP contribution is 2.11. The van der Waals surface area contributed by atoms with Crippen LogP contribution in [0.3, 0.4) is 0 Å². The molecule has 1 atom stereocenters. The molecule has 0 fully saturated rings. The van der Waals surface area contributed by atoms with Crippen molar-refractivity contribution in [2.75, 3.05) is 0 Å². The Morgan fingerprint density at radius 2 is 1.80 bits per heavy atom. The first-order valence-electron chi connectivity index (χ1n) is 4.30. The van der Waals surface area contributed by atoms with Crippen LogP contribution >= 0.6 is 0 Å². The molecule has 0 aromatic rings. The molecule has 0 aliphatic heterocycles. The summed E-state index contributed by atoms with van der Waals surface area (Å²) in [5.41, 5.74) is 0. The number of hydrogen-bond donors (Lipinski definition) is 0. The Morgan fingerprint density at radius 1 is 1.20 bits per heavy atom. The van der Waals surface area contributed by atoms with E-state index in [4.69, 9.17) is 0 Å². The third-order valence-corrected chi connectivity index (χ3v) is 1.74. The molecule has 0 aliphatic rings. The molecule has 0 aromatic carbocycles. The lowest BCUT2D eigenvalue weighted by molar-refractivity contribution is 0.292. The summed E-state index contributed by atoms with van der Waals surface area (Å²) in [4.78, 5) is 0. The van der Waals surface area contributed by atoms with Gasteiger partial charge in [-0.15, -0.1) is 0 Å². The molecule has 0 heterocycles. The molecule has 0 bridgehead atoms. The van der Waals surface area contributed by atoms with Crippen LogP contribution in [0.5, 0.6) is 0 Å². The van der Waals surface area contributed by atoms with Crippen molar-refractivity contribution in [1.82, 2.24) is 0 Å². The van der Waals surface area contributed by atoms with Gasteiger partial charge in [0.2, 0.25) is 0 Å². The molecule has 62 valence electrons. The molecule has 10 heavy (non-hydrogen) atoms. The summed E-state index contributed by atoms with van der Waals surface area (Å²) in [6.07, 6.45) is 3.10. The molecule has 0 rings (SSSR count). The van der Waals surface area contributed by atoms with Crippen molar-refractivity contribution >= 4 is 0 Å². The third-order valence-electron chi connectivity index (χ3n) is 1.74. The molecule has 0 aliphatic carbocycles. The minimum atomic E-state index is -0.557. The summed E-state index contributed by atoms with van der Waals surface area (Å²) in [5, 5.41) is 0. The minimum absolute atomic E-state index is 0.557. The van der Waals surface area contributed by atoms with Gasteiger partial charge in [0.1, 0.15) is 0 Å². The Balaban J connectivity index is 3.03. The molecule has 0 nitrogen and oxygen atoms in total. The Kier molecular flexibility index (Phi) is 5.66. The van der Waals surface area contributed by atoms with Gasteiger partial charge < -0.3 is 0 Å². The van der Waals surface area contributed by atoms with E-state index in [9.17, 15) is 4.39 Å². The van der Waals surface area contributed by atoms with Crippen molar-refractivity contribution < 1.29 is 4.39 Å². The highest BCUT2D eigenvalue weighted by atomic mass is 19.1. The van der Waals surface area contributed by atoms with Crippen molar-refractivity contribution in [3.8, 4) is 0 Å². The maximum Gasteiger partial charge on any atom is 0.0999 e. The third kappa shape index (κ3) is 6.06. The van der Waals surface area contributed by atoms with Crippen LogP contribution in [-0.2, 0) is 0 Å². The zero-order valence-corrected chi connectivity index (χ0v) is 7.36. The van der Waals surface area contributed by atoms with Crippen molar-refractivity contribution in [1.29, 1.82) is 0 Å². The average Bonchev–Trinajstić information content (AvgIpc) is 1.87. The zero-order chi connectivity index (χ0) is 7.98. The van der Waals surface area contributed by atoms with Crippen LogP contribution in [0.4, 0.5) is 4.39 Å². The Labute approximate surface area is 63.8 Å². The fourth-order valence-corrected chi connectivity index (χ4v) is 0.952. The maximum absolute atomic E-state index is 12.6. The Bertz CT molecular complexity index is 69.1. The first kappa shape index (κ1) is 9.93. The second kappa shape index (κ2) is 5.70. The normalized spacial score (nSPS) is 14.1. The van der Waals surface area contributed by atoms with E-state index < -0.39 is 6.17 Å². The van der Waals surface area contributed by atoms with Crippen LogP contribution in [0, 0.1) is 5.92 Å². The lowest BCUT2D eigenvalue weighted by Gasteiger charge is -2.06. The van der Waals surface area contributed by atoms with Crippen LogP contribution in [0.1, 0.15) is 46.5 Å². The predicted octanol–water partition coefficient (Wildman–Crippen LogP) is 3.56. The summed E-state index contributed by atoms with van der Waals surface area (Å²) in [7, 11) is 0. The largest absolute Gasteiger partial charge is 0.248 e. The van der Waals surface area contributed by atoms with Gasteiger partial charge in [0.15, 0.2) is 0 Å². The monoisotopic (exact) mass is 146 g/mol. The fourth-order valence-electron chi connectivity index (χ4n) is 0.952. The molecule has 0 radical (unpaired) electrons. The smallest absolute Gasteiger partial charge is 0.0999 e. The first-order valence-corrected chi connectivity index (χ1v) is 4.30. The molecular weight excluding hydrogens is 127 g/mol. The van der Waals surface area contributed by atoms with Gasteiger partial charge in [-0.3, -0.25) is 0 Å². The lowest BCUT2D eigenvalue weighted by Crippen LogP contribution is -1.98. The summed E-state index contributed by atoms with van der Waals surface area (Å²) >= 11 is 0. The second-order valence-electron chi connectivity index (χ2n) is 3.33. The fraction of sp³-hybridized carbons (Fsp3) is 1.00. The van der Waals surface area contributed by atoms with Crippen LogP contribution in [-0.4, -0.2) is 6.17 Å². The number of halogens is 1. The van der Waals surface area contributed by atoms with E-state index in [1.165, 1.54) is 6.42 Å². The molecule has 1 heteroatoms. The van der Waals surface area contributed by atoms with Crippen molar-refractivity contribution in [2.45, 2.75) is 52.6 Å². The first-order chi connectivity index (χ1) is 4.66. The highest BCUT2D eigenvalue weighted by Gasteiger charge is 2.02. The predicted molar refractivity (Wildman–Crippen MR) is 43.9 cm³/mol. The van der Waals surface area contributed by atoms with Crippen LogP contribution < -0.4 is 0 Å². The van der Waals surface area contributed by atoms with E-state index in [0.29, 0.717) is 6.42 Å². The van der Waals surface area contributed by atoms with Crippen molar-refractivity contribution in [3.05, 3.63) is 0 Å². The van der Waals surface area contributed by atoms with Gasteiger partial charge in [-0.2, -0.15) is 0 Å². The van der Waals surface area contributed by atoms with Gasteiger partial charge in [0, 0.05) is 0 Å². The van der Waals surface area contributed by atoms with E-state index in [1.807, 2.05) is 6.92 Å². The SMILES string of the molecule is CC[C@@H](F)CCCC(C)C. The molecule has 0 unspecified atom stereocenters. The molecule has 0 N–H and O–H groups in total. The topological polar surface area (TPSA) is 0 Å². The van der Waals surface area contributed by atoms with Crippen LogP contribution in [0.15, 0.2) is 0 Å². The number of hydrogen-bond acceptors (Lipinski definition) is 0. The van der Waals surface area contributed by atoms with Gasteiger partial charge in [-0.05, 0) is 18.8 Å². The maximum atomic E-state index is 12.6. The van der Waals surface area contributed by atoms with E-state index in [0.717, 1.165) is 18.8 Å². The molecule has 0 saturated heterocycles. The molecular formula is C9H19F. The molecule has 0 saturated carbocycles. The average molecular weight is 146 g/mol. The van der Waals surface area contributed by atoms with E-state index in [1.54, 1.807) is 0 Å². The van der Waals surface area contributed by atoms with Crippen molar-refractivity contribution in [3.63, 3.8) is 0 Å². The Hall–Kier alpha value is -0.0700. The standard InChI is InChI=1S/C9H19F/c1-4-9(10)7-5-6-8(2)3/h8-9H,4-7H2,1-3H3/t9-/m1/s1. The second-order valence-corrected chi connectivity index (χ2v) is 3.33. The number of rotatable bonds is 5. The zero-order valence-electron chi connectivity index (χ0n) is 7.36. The van der Waals surface area contributed by atoms with E-state index >= 15 is 0 Å². The van der Waals surface area contributed by atoms with Gasteiger partial charge in [0.25, 0.3) is 0 Å². The summed E-state index contributed by atoms with van der Waals surface area (Å²) < 4.78 is 12.6. The summed E-state index contributed by atoms with van der Waals surface area (Å²) in [6, 6.07) is 0. The van der Waals surface area contributed by atoms with Crippen molar-refractivity contribution in [2.24, 2.45) is 5.92 Å². The Morgan fingerprint density at radius 3 is 2.20 bits per heavy atom. The quantitative estimate of drug-likeness (QED) is 0.556.